The van der Waals surface area contributed by atoms with Gasteiger partial charge in [-0.15, -0.1) is 0 Å². The van der Waals surface area contributed by atoms with Crippen molar-refractivity contribution >= 4 is 29.3 Å². The van der Waals surface area contributed by atoms with Crippen molar-refractivity contribution in [1.82, 2.24) is 4.90 Å². The second-order valence-electron chi connectivity index (χ2n) is 6.02. The second kappa shape index (κ2) is 11.1. The number of aliphatic carboxylic acids is 2. The Morgan fingerprint density at radius 2 is 1.61 bits per heavy atom. The van der Waals surface area contributed by atoms with E-state index in [9.17, 15) is 9.59 Å². The van der Waals surface area contributed by atoms with Gasteiger partial charge in [0.15, 0.2) is 18.2 Å². The molecule has 2 atom stereocenters. The van der Waals surface area contributed by atoms with Crippen LogP contribution >= 0.6 is 0 Å². The molecule has 2 unspecified atom stereocenters. The summed E-state index contributed by atoms with van der Waals surface area (Å²) < 4.78 is 5.37. The highest BCUT2D eigenvalue weighted by molar-refractivity contribution is 5.84. The number of carboxylic acids is 2. The molecule has 1 heterocycles. The average Bonchev–Trinajstić information content (AvgIpc) is 2.68. The summed E-state index contributed by atoms with van der Waals surface area (Å²) in [6.45, 7) is 3.32. The maximum atomic E-state index is 9.77. The highest BCUT2D eigenvalue weighted by atomic mass is 16.5. The number of nitrogens with two attached hydrogens (primary N) is 1. The molecule has 1 fully saturated rings. The lowest BCUT2D eigenvalue weighted by Gasteiger charge is -2.29. The van der Waals surface area contributed by atoms with Gasteiger partial charge in [0, 0.05) is 27.2 Å². The van der Waals surface area contributed by atoms with E-state index in [4.69, 9.17) is 30.9 Å². The minimum atomic E-state index is -2.27. The summed E-state index contributed by atoms with van der Waals surface area (Å²) in [6.07, 6.45) is -4.53. The predicted molar refractivity (Wildman–Crippen MR) is 102 cm³/mol. The van der Waals surface area contributed by atoms with Gasteiger partial charge >= 0.3 is 11.9 Å². The largest absolute Gasteiger partial charge is 0.479 e. The summed E-state index contributed by atoms with van der Waals surface area (Å²) >= 11 is 0. The van der Waals surface area contributed by atoms with E-state index in [1.165, 1.54) is 0 Å². The average molecular weight is 398 g/mol. The summed E-state index contributed by atoms with van der Waals surface area (Å²) in [5, 5.41) is 32.5. The fourth-order valence-corrected chi connectivity index (χ4v) is 2.12. The van der Waals surface area contributed by atoms with Crippen LogP contribution < -0.4 is 10.6 Å². The van der Waals surface area contributed by atoms with Crippen LogP contribution in [0.1, 0.15) is 0 Å². The Hall–Kier alpha value is -2.89. The molecule has 11 heteroatoms. The second-order valence-corrected chi connectivity index (χ2v) is 6.02. The molecule has 2 rings (SSSR count). The Morgan fingerprint density at radius 1 is 1.11 bits per heavy atom. The number of carbonyl (C=O) groups is 2. The number of morpholine rings is 1. The van der Waals surface area contributed by atoms with Crippen molar-refractivity contribution in [1.29, 1.82) is 0 Å². The molecule has 1 aromatic rings. The van der Waals surface area contributed by atoms with E-state index in [1.807, 2.05) is 32.3 Å². The van der Waals surface area contributed by atoms with Crippen LogP contribution in [0.25, 0.3) is 0 Å². The third-order valence-corrected chi connectivity index (χ3v) is 3.73. The highest BCUT2D eigenvalue weighted by Crippen LogP contribution is 2.28. The molecule has 6 N–H and O–H groups in total. The van der Waals surface area contributed by atoms with E-state index in [2.05, 4.69) is 16.0 Å². The minimum absolute atomic E-state index is 0.510. The topological polar surface area (TPSA) is 169 Å². The van der Waals surface area contributed by atoms with E-state index in [1.54, 1.807) is 4.90 Å². The summed E-state index contributed by atoms with van der Waals surface area (Å²) in [6, 6.07) is 8.07. The Morgan fingerprint density at radius 3 is 2.07 bits per heavy atom. The van der Waals surface area contributed by atoms with Gasteiger partial charge in [0.05, 0.1) is 24.6 Å². The number of para-hydroxylation sites is 2. The summed E-state index contributed by atoms with van der Waals surface area (Å²) in [7, 11) is 3.77. The molecular weight excluding hydrogens is 372 g/mol. The zero-order chi connectivity index (χ0) is 21.3. The Kier molecular flexibility index (Phi) is 9.15. The first-order valence-corrected chi connectivity index (χ1v) is 8.40. The van der Waals surface area contributed by atoms with Gasteiger partial charge in [0.2, 0.25) is 0 Å². The van der Waals surface area contributed by atoms with Gasteiger partial charge in [-0.1, -0.05) is 12.1 Å². The van der Waals surface area contributed by atoms with Crippen LogP contribution in [0.4, 0.5) is 11.4 Å². The van der Waals surface area contributed by atoms with Gasteiger partial charge in [-0.25, -0.2) is 14.6 Å². The number of carboxylic acid groups (broad SMARTS) is 2. The molecule has 156 valence electrons. The lowest BCUT2D eigenvalue weighted by molar-refractivity contribution is -0.165. The molecule has 1 aromatic carbocycles. The van der Waals surface area contributed by atoms with Gasteiger partial charge in [-0.2, -0.15) is 0 Å². The molecule has 11 nitrogen and oxygen atoms in total. The van der Waals surface area contributed by atoms with Crippen molar-refractivity contribution in [3.63, 3.8) is 0 Å². The first-order chi connectivity index (χ1) is 13.1. The van der Waals surface area contributed by atoms with Crippen molar-refractivity contribution < 1.29 is 34.8 Å². The fourth-order valence-electron chi connectivity index (χ4n) is 2.12. The Bertz CT molecular complexity index is 672. The molecule has 0 bridgehead atoms. The van der Waals surface area contributed by atoms with Crippen LogP contribution in [0.2, 0.25) is 0 Å². The van der Waals surface area contributed by atoms with Gasteiger partial charge in [0.1, 0.15) is 0 Å². The van der Waals surface area contributed by atoms with Crippen molar-refractivity contribution in [2.24, 2.45) is 10.7 Å². The summed E-state index contributed by atoms with van der Waals surface area (Å²) in [4.78, 5) is 28.1. The van der Waals surface area contributed by atoms with E-state index in [0.717, 1.165) is 37.7 Å². The van der Waals surface area contributed by atoms with Crippen LogP contribution in [0.3, 0.4) is 0 Å². The predicted octanol–water partition coefficient (Wildman–Crippen LogP) is -1.09. The fraction of sp³-hybridized carbons (Fsp3) is 0.471. The zero-order valence-corrected chi connectivity index (χ0v) is 15.7. The molecule has 0 aliphatic carbocycles. The van der Waals surface area contributed by atoms with Gasteiger partial charge in [0.25, 0.3) is 0 Å². The number of anilines is 1. The van der Waals surface area contributed by atoms with Crippen LogP contribution in [0, 0.1) is 0 Å². The quantitative estimate of drug-likeness (QED) is 0.303. The van der Waals surface area contributed by atoms with Crippen molar-refractivity contribution in [3.8, 4) is 0 Å². The molecule has 1 aliphatic heterocycles. The highest BCUT2D eigenvalue weighted by Gasteiger charge is 2.29. The lowest BCUT2D eigenvalue weighted by atomic mass is 10.2. The van der Waals surface area contributed by atoms with Gasteiger partial charge in [-0.05, 0) is 12.1 Å². The van der Waals surface area contributed by atoms with Gasteiger partial charge < -0.3 is 40.7 Å². The molecule has 0 saturated carbocycles. The van der Waals surface area contributed by atoms with E-state index in [0.29, 0.717) is 5.96 Å². The third kappa shape index (κ3) is 7.02. The molecule has 0 radical (unpaired) electrons. The smallest absolute Gasteiger partial charge is 0.335 e. The number of aliphatic hydroxyl groups is 2. The van der Waals surface area contributed by atoms with E-state index in [-0.39, 0.29) is 0 Å². The molecule has 0 spiro atoms. The molecule has 1 saturated heterocycles. The number of rotatable bonds is 5. The molecule has 0 amide bonds. The van der Waals surface area contributed by atoms with Gasteiger partial charge in [-0.3, -0.25) is 0 Å². The molecular formula is C17H26N4O7. The zero-order valence-electron chi connectivity index (χ0n) is 15.7. The number of aliphatic imine (C=N–C) groups is 1. The number of aliphatic hydroxyl groups excluding tert-OH is 2. The third-order valence-electron chi connectivity index (χ3n) is 3.73. The monoisotopic (exact) mass is 398 g/mol. The Balaban J connectivity index is 0.000000336. The maximum Gasteiger partial charge on any atom is 0.335 e. The van der Waals surface area contributed by atoms with Crippen LogP contribution in [0.15, 0.2) is 29.3 Å². The number of hydrogen-bond donors (Lipinski definition) is 5. The summed E-state index contributed by atoms with van der Waals surface area (Å²) in [5.41, 5.74) is 7.90. The SMILES string of the molecule is CN(C)C(N)=Nc1ccccc1N1CCOCC1.O=C(O)C(O)C(O)C(=O)O. The first-order valence-electron chi connectivity index (χ1n) is 8.40. The van der Waals surface area contributed by atoms with Crippen molar-refractivity contribution in [2.75, 3.05) is 45.3 Å². The maximum absolute atomic E-state index is 9.77. The van der Waals surface area contributed by atoms with E-state index >= 15 is 0 Å². The van der Waals surface area contributed by atoms with Crippen LogP contribution in [-0.4, -0.2) is 95.8 Å². The molecule has 0 aromatic heterocycles. The van der Waals surface area contributed by atoms with Crippen molar-refractivity contribution in [3.05, 3.63) is 24.3 Å². The van der Waals surface area contributed by atoms with Crippen molar-refractivity contribution in [2.45, 2.75) is 12.2 Å². The Labute approximate surface area is 162 Å². The lowest BCUT2D eigenvalue weighted by Crippen LogP contribution is -2.39. The first kappa shape index (κ1) is 23.1. The van der Waals surface area contributed by atoms with E-state index < -0.39 is 24.1 Å². The number of hydrogen-bond acceptors (Lipinski definition) is 7. The molecule has 28 heavy (non-hydrogen) atoms. The number of ether oxygens (including phenoxy) is 1. The summed E-state index contributed by atoms with van der Waals surface area (Å²) in [5.74, 6) is -3.03. The number of nitrogens with zero attached hydrogens (tertiary/aromatic N) is 3. The van der Waals surface area contributed by atoms with Crippen LogP contribution in [0.5, 0.6) is 0 Å². The number of guanidine groups is 1. The standard InChI is InChI=1S/C13H20N4O.C4H6O6/c1-16(2)13(14)15-11-5-3-4-6-12(11)17-7-9-18-10-8-17;5-1(3(7)8)2(6)4(9)10/h3-6H,7-10H2,1-2H3,(H2,14,15);1-2,5-6H,(H,7,8)(H,9,10). The molecule has 1 aliphatic rings. The van der Waals surface area contributed by atoms with Crippen LogP contribution in [-0.2, 0) is 14.3 Å². The normalized spacial score (nSPS) is 16.4. The minimum Gasteiger partial charge on any atom is -0.479 e. The number of benzene rings is 1.